The second-order valence-corrected chi connectivity index (χ2v) is 5.24. The maximum atomic E-state index is 5.48. The molecule has 0 spiro atoms. The molecule has 0 aliphatic rings. The van der Waals surface area contributed by atoms with Crippen LogP contribution >= 0.6 is 0 Å². The zero-order valence-corrected chi connectivity index (χ0v) is 12.5. The predicted molar refractivity (Wildman–Crippen MR) is 78.7 cm³/mol. The number of aryl methyl sites for hydroxylation is 2. The van der Waals surface area contributed by atoms with Crippen molar-refractivity contribution < 1.29 is 4.74 Å². The van der Waals surface area contributed by atoms with Gasteiger partial charge in [0.1, 0.15) is 5.75 Å². The molecule has 18 heavy (non-hydrogen) atoms. The molecule has 0 fully saturated rings. The fourth-order valence-electron chi connectivity index (χ4n) is 2.26. The molecule has 0 saturated carbocycles. The number of rotatable bonds is 7. The van der Waals surface area contributed by atoms with Crippen molar-refractivity contribution in [2.24, 2.45) is 0 Å². The summed E-state index contributed by atoms with van der Waals surface area (Å²) in [5.74, 6) is 1.54. The number of benzene rings is 1. The topological polar surface area (TPSA) is 21.3 Å². The van der Waals surface area contributed by atoms with Gasteiger partial charge >= 0.3 is 0 Å². The Morgan fingerprint density at radius 1 is 1.22 bits per heavy atom. The minimum atomic E-state index is 0.511. The van der Waals surface area contributed by atoms with Gasteiger partial charge in [-0.2, -0.15) is 0 Å². The van der Waals surface area contributed by atoms with Crippen LogP contribution in [0, 0.1) is 6.92 Å². The fraction of sp³-hybridized carbons (Fsp3) is 0.625. The third-order valence-corrected chi connectivity index (χ3v) is 3.43. The Morgan fingerprint density at radius 2 is 1.94 bits per heavy atom. The molecule has 2 nitrogen and oxygen atoms in total. The van der Waals surface area contributed by atoms with Crippen LogP contribution in [-0.4, -0.2) is 20.7 Å². The van der Waals surface area contributed by atoms with Gasteiger partial charge in [-0.25, -0.2) is 0 Å². The quantitative estimate of drug-likeness (QED) is 0.744. The van der Waals surface area contributed by atoms with Crippen LogP contribution in [0.1, 0.15) is 49.3 Å². The standard InChI is InChI=1S/C16H27NO/c1-12(2)15-11-14(8-6-7-9-17-4)13(3)10-16(15)18-5/h10-12,17H,6-9H2,1-5H3. The summed E-state index contributed by atoms with van der Waals surface area (Å²) in [4.78, 5) is 0. The van der Waals surface area contributed by atoms with Crippen molar-refractivity contribution in [3.05, 3.63) is 28.8 Å². The molecule has 1 aromatic rings. The van der Waals surface area contributed by atoms with Crippen LogP contribution in [0.15, 0.2) is 12.1 Å². The molecule has 0 aliphatic heterocycles. The van der Waals surface area contributed by atoms with Crippen LogP contribution in [0.3, 0.4) is 0 Å². The van der Waals surface area contributed by atoms with Gasteiger partial charge in [0.2, 0.25) is 0 Å². The summed E-state index contributed by atoms with van der Waals surface area (Å²) in [6.07, 6.45) is 3.64. The summed E-state index contributed by atoms with van der Waals surface area (Å²) in [6, 6.07) is 4.51. The van der Waals surface area contributed by atoms with Gasteiger partial charge in [0.25, 0.3) is 0 Å². The van der Waals surface area contributed by atoms with E-state index < -0.39 is 0 Å². The van der Waals surface area contributed by atoms with Gasteiger partial charge in [0.05, 0.1) is 7.11 Å². The molecule has 0 radical (unpaired) electrons. The van der Waals surface area contributed by atoms with E-state index >= 15 is 0 Å². The van der Waals surface area contributed by atoms with Gasteiger partial charge in [-0.1, -0.05) is 19.9 Å². The number of ether oxygens (including phenoxy) is 1. The molecule has 1 aromatic carbocycles. The van der Waals surface area contributed by atoms with Gasteiger partial charge in [-0.05, 0) is 68.5 Å². The van der Waals surface area contributed by atoms with E-state index in [0.29, 0.717) is 5.92 Å². The number of hydrogen-bond donors (Lipinski definition) is 1. The van der Waals surface area contributed by atoms with Crippen molar-refractivity contribution in [3.63, 3.8) is 0 Å². The van der Waals surface area contributed by atoms with E-state index in [2.05, 4.69) is 38.2 Å². The summed E-state index contributed by atoms with van der Waals surface area (Å²) in [5, 5.41) is 3.20. The monoisotopic (exact) mass is 249 g/mol. The Kier molecular flexibility index (Phi) is 6.20. The van der Waals surface area contributed by atoms with Crippen molar-refractivity contribution in [3.8, 4) is 5.75 Å². The maximum Gasteiger partial charge on any atom is 0.122 e. The Balaban J connectivity index is 2.81. The SMILES string of the molecule is CNCCCCc1cc(C(C)C)c(OC)cc1C. The van der Waals surface area contributed by atoms with E-state index in [1.807, 2.05) is 7.05 Å². The first-order chi connectivity index (χ1) is 8.60. The van der Waals surface area contributed by atoms with Crippen LogP contribution < -0.4 is 10.1 Å². The molecule has 0 aliphatic carbocycles. The fourth-order valence-corrected chi connectivity index (χ4v) is 2.26. The molecule has 0 bridgehead atoms. The Morgan fingerprint density at radius 3 is 2.50 bits per heavy atom. The number of unbranched alkanes of at least 4 members (excludes halogenated alkanes) is 1. The number of nitrogens with one attached hydrogen (secondary N) is 1. The first kappa shape index (κ1) is 15.0. The van der Waals surface area contributed by atoms with Crippen LogP contribution in [0.4, 0.5) is 0 Å². The smallest absolute Gasteiger partial charge is 0.122 e. The first-order valence-corrected chi connectivity index (χ1v) is 6.92. The van der Waals surface area contributed by atoms with Crippen molar-refractivity contribution >= 4 is 0 Å². The molecular weight excluding hydrogens is 222 g/mol. The van der Waals surface area contributed by atoms with Crippen LogP contribution in [-0.2, 0) is 6.42 Å². The maximum absolute atomic E-state index is 5.48. The highest BCUT2D eigenvalue weighted by atomic mass is 16.5. The van der Waals surface area contributed by atoms with Crippen molar-refractivity contribution in [2.75, 3.05) is 20.7 Å². The molecule has 0 saturated heterocycles. The van der Waals surface area contributed by atoms with Gasteiger partial charge in [-0.3, -0.25) is 0 Å². The van der Waals surface area contributed by atoms with E-state index in [9.17, 15) is 0 Å². The van der Waals surface area contributed by atoms with E-state index in [-0.39, 0.29) is 0 Å². The normalized spacial score (nSPS) is 11.0. The Bertz CT molecular complexity index is 372. The van der Waals surface area contributed by atoms with Crippen LogP contribution in [0.25, 0.3) is 0 Å². The Labute approximate surface area is 112 Å². The predicted octanol–water partition coefficient (Wildman–Crippen LogP) is 3.67. The lowest BCUT2D eigenvalue weighted by Gasteiger charge is -2.16. The summed E-state index contributed by atoms with van der Waals surface area (Å²) >= 11 is 0. The second-order valence-electron chi connectivity index (χ2n) is 5.24. The molecule has 2 heteroatoms. The van der Waals surface area contributed by atoms with Gasteiger partial charge in [0, 0.05) is 0 Å². The van der Waals surface area contributed by atoms with Gasteiger partial charge in [0.15, 0.2) is 0 Å². The van der Waals surface area contributed by atoms with Crippen LogP contribution in [0.5, 0.6) is 5.75 Å². The third kappa shape index (κ3) is 4.02. The van der Waals surface area contributed by atoms with E-state index in [4.69, 9.17) is 4.74 Å². The molecule has 1 N–H and O–H groups in total. The average Bonchev–Trinajstić information content (AvgIpc) is 2.35. The largest absolute Gasteiger partial charge is 0.496 e. The molecule has 1 rings (SSSR count). The minimum Gasteiger partial charge on any atom is -0.496 e. The Hall–Kier alpha value is -1.02. The highest BCUT2D eigenvalue weighted by Gasteiger charge is 2.10. The minimum absolute atomic E-state index is 0.511. The van der Waals surface area contributed by atoms with Crippen molar-refractivity contribution in [1.29, 1.82) is 0 Å². The molecule has 0 amide bonds. The molecule has 0 aromatic heterocycles. The molecule has 0 atom stereocenters. The van der Waals surface area contributed by atoms with Gasteiger partial charge in [-0.15, -0.1) is 0 Å². The average molecular weight is 249 g/mol. The van der Waals surface area contributed by atoms with E-state index in [1.54, 1.807) is 7.11 Å². The molecule has 102 valence electrons. The highest BCUT2D eigenvalue weighted by Crippen LogP contribution is 2.30. The lowest BCUT2D eigenvalue weighted by atomic mass is 9.94. The second kappa shape index (κ2) is 7.42. The molecular formula is C16H27NO. The zero-order chi connectivity index (χ0) is 13.5. The summed E-state index contributed by atoms with van der Waals surface area (Å²) in [6.45, 7) is 7.72. The third-order valence-electron chi connectivity index (χ3n) is 3.43. The van der Waals surface area contributed by atoms with E-state index in [0.717, 1.165) is 18.7 Å². The highest BCUT2D eigenvalue weighted by molar-refractivity contribution is 5.43. The first-order valence-electron chi connectivity index (χ1n) is 6.92. The number of methoxy groups -OCH3 is 1. The number of hydrogen-bond acceptors (Lipinski definition) is 2. The summed E-state index contributed by atoms with van der Waals surface area (Å²) < 4.78 is 5.48. The summed E-state index contributed by atoms with van der Waals surface area (Å²) in [5.41, 5.74) is 4.14. The lowest BCUT2D eigenvalue weighted by molar-refractivity contribution is 0.407. The van der Waals surface area contributed by atoms with Gasteiger partial charge < -0.3 is 10.1 Å². The zero-order valence-electron chi connectivity index (χ0n) is 12.5. The lowest BCUT2D eigenvalue weighted by Crippen LogP contribution is -2.07. The summed E-state index contributed by atoms with van der Waals surface area (Å²) in [7, 11) is 3.77. The van der Waals surface area contributed by atoms with Crippen molar-refractivity contribution in [2.45, 2.75) is 46.0 Å². The van der Waals surface area contributed by atoms with Crippen LogP contribution in [0.2, 0.25) is 0 Å². The van der Waals surface area contributed by atoms with Crippen molar-refractivity contribution in [1.82, 2.24) is 5.32 Å². The van der Waals surface area contributed by atoms with E-state index in [1.165, 1.54) is 29.5 Å². The molecule has 0 unspecified atom stereocenters. The molecule has 0 heterocycles.